The number of rotatable bonds is 7. The average Bonchev–Trinajstić information content (AvgIpc) is 2.73. The summed E-state index contributed by atoms with van der Waals surface area (Å²) in [7, 11) is 0. The van der Waals surface area contributed by atoms with E-state index in [0.717, 1.165) is 12.0 Å². The molecule has 0 saturated heterocycles. The smallest absolute Gasteiger partial charge is 0.338 e. The quantitative estimate of drug-likeness (QED) is 0.677. The monoisotopic (exact) mass is 424 g/mol. The van der Waals surface area contributed by atoms with Gasteiger partial charge in [0.1, 0.15) is 5.75 Å². The number of hydrogen-bond donors (Lipinski definition) is 1. The molecule has 3 rings (SSSR count). The zero-order valence-corrected chi connectivity index (χ0v) is 18.4. The minimum Gasteiger partial charge on any atom is -0.476 e. The largest absolute Gasteiger partial charge is 0.476 e. The van der Waals surface area contributed by atoms with Gasteiger partial charge in [-0.05, 0) is 69.2 Å². The molecule has 2 aromatic carbocycles. The van der Waals surface area contributed by atoms with Crippen molar-refractivity contribution in [3.8, 4) is 5.75 Å². The number of carbonyl (C=O) groups excluding carboxylic acids is 3. The maximum absolute atomic E-state index is 12.9. The zero-order valence-electron chi connectivity index (χ0n) is 18.4. The van der Waals surface area contributed by atoms with E-state index in [9.17, 15) is 14.4 Å². The first-order valence-electron chi connectivity index (χ1n) is 10.4. The minimum absolute atomic E-state index is 0.121. The first-order valence-corrected chi connectivity index (χ1v) is 10.4. The maximum atomic E-state index is 12.9. The molecule has 0 fully saturated rings. The van der Waals surface area contributed by atoms with Crippen LogP contribution in [0.25, 0.3) is 0 Å². The van der Waals surface area contributed by atoms with Crippen molar-refractivity contribution < 1.29 is 23.9 Å². The molecule has 1 aliphatic rings. The lowest BCUT2D eigenvalue weighted by Crippen LogP contribution is -2.53. The summed E-state index contributed by atoms with van der Waals surface area (Å²) in [6.45, 7) is 7.91. The summed E-state index contributed by atoms with van der Waals surface area (Å²) in [6, 6.07) is 12.2. The molecule has 0 atom stereocenters. The van der Waals surface area contributed by atoms with Gasteiger partial charge in [0.2, 0.25) is 5.91 Å². The predicted molar refractivity (Wildman–Crippen MR) is 119 cm³/mol. The van der Waals surface area contributed by atoms with Gasteiger partial charge in [-0.25, -0.2) is 4.79 Å². The lowest BCUT2D eigenvalue weighted by atomic mass is 10.0. The van der Waals surface area contributed by atoms with E-state index < -0.39 is 5.60 Å². The Balaban J connectivity index is 1.63. The molecule has 1 N–H and O–H groups in total. The van der Waals surface area contributed by atoms with Crippen LogP contribution >= 0.6 is 0 Å². The molecule has 7 nitrogen and oxygen atoms in total. The van der Waals surface area contributed by atoms with E-state index in [-0.39, 0.29) is 30.7 Å². The highest BCUT2D eigenvalue weighted by Gasteiger charge is 2.40. The van der Waals surface area contributed by atoms with Gasteiger partial charge in [-0.2, -0.15) is 0 Å². The van der Waals surface area contributed by atoms with Crippen molar-refractivity contribution in [2.24, 2.45) is 0 Å². The summed E-state index contributed by atoms with van der Waals surface area (Å²) in [5.41, 5.74) is 1.68. The van der Waals surface area contributed by atoms with Crippen LogP contribution in [0.4, 0.5) is 11.4 Å². The third-order valence-corrected chi connectivity index (χ3v) is 4.93. The Bertz CT molecular complexity index is 982. The van der Waals surface area contributed by atoms with Gasteiger partial charge in [-0.3, -0.25) is 9.59 Å². The van der Waals surface area contributed by atoms with Crippen LogP contribution in [0.5, 0.6) is 5.75 Å². The number of aryl methyl sites for hydroxylation is 1. The van der Waals surface area contributed by atoms with Crippen LogP contribution in [0.15, 0.2) is 42.5 Å². The lowest BCUT2D eigenvalue weighted by Gasteiger charge is -2.38. The average molecular weight is 424 g/mol. The number of nitrogens with zero attached hydrogens (tertiary/aromatic N) is 1. The van der Waals surface area contributed by atoms with Gasteiger partial charge in [-0.15, -0.1) is 0 Å². The molecule has 1 heterocycles. The third kappa shape index (κ3) is 5.23. The van der Waals surface area contributed by atoms with Crippen LogP contribution < -0.4 is 15.0 Å². The first kappa shape index (κ1) is 22.3. The molecule has 2 amide bonds. The van der Waals surface area contributed by atoms with Crippen molar-refractivity contribution in [3.05, 3.63) is 53.6 Å². The van der Waals surface area contributed by atoms with Crippen molar-refractivity contribution in [3.63, 3.8) is 0 Å². The van der Waals surface area contributed by atoms with Crippen molar-refractivity contribution in [2.45, 2.75) is 46.1 Å². The maximum Gasteiger partial charge on any atom is 0.338 e. The fourth-order valence-corrected chi connectivity index (χ4v) is 3.30. The number of fused-ring (bicyclic) bond motifs is 1. The summed E-state index contributed by atoms with van der Waals surface area (Å²) in [6.07, 6.45) is 0.877. The van der Waals surface area contributed by atoms with Crippen molar-refractivity contribution in [1.29, 1.82) is 0 Å². The Morgan fingerprint density at radius 2 is 1.84 bits per heavy atom. The fraction of sp³-hybridized carbons (Fsp3) is 0.375. The molecular weight excluding hydrogens is 396 g/mol. The number of amides is 2. The number of hydrogen-bond acceptors (Lipinski definition) is 5. The second-order valence-electron chi connectivity index (χ2n) is 8.05. The Morgan fingerprint density at radius 1 is 1.13 bits per heavy atom. The Hall–Kier alpha value is -3.35. The summed E-state index contributed by atoms with van der Waals surface area (Å²) in [5.74, 6) is -0.177. The van der Waals surface area contributed by atoms with Crippen molar-refractivity contribution in [1.82, 2.24) is 0 Å². The third-order valence-electron chi connectivity index (χ3n) is 4.93. The lowest BCUT2D eigenvalue weighted by molar-refractivity contribution is -0.132. The molecule has 0 spiro atoms. The highest BCUT2D eigenvalue weighted by Crippen LogP contribution is 2.38. The molecule has 2 aromatic rings. The van der Waals surface area contributed by atoms with Gasteiger partial charge in [0.25, 0.3) is 5.91 Å². The van der Waals surface area contributed by atoms with Crippen molar-refractivity contribution in [2.75, 3.05) is 23.4 Å². The van der Waals surface area contributed by atoms with Crippen LogP contribution in [0, 0.1) is 6.92 Å². The van der Waals surface area contributed by atoms with E-state index in [2.05, 4.69) is 5.32 Å². The molecule has 0 saturated carbocycles. The summed E-state index contributed by atoms with van der Waals surface area (Å²) < 4.78 is 10.9. The minimum atomic E-state index is -0.999. The van der Waals surface area contributed by atoms with Gasteiger partial charge in [-0.1, -0.05) is 13.0 Å². The molecule has 7 heteroatoms. The number of nitrogens with one attached hydrogen (secondary N) is 1. The molecule has 1 aliphatic heterocycles. The van der Waals surface area contributed by atoms with Gasteiger partial charge in [0, 0.05) is 18.7 Å². The topological polar surface area (TPSA) is 84.9 Å². The van der Waals surface area contributed by atoms with E-state index in [0.29, 0.717) is 29.3 Å². The van der Waals surface area contributed by atoms with Gasteiger partial charge in [0.15, 0.2) is 5.60 Å². The van der Waals surface area contributed by atoms with Crippen LogP contribution in [-0.2, 0) is 14.3 Å². The molecule has 0 aromatic heterocycles. The van der Waals surface area contributed by atoms with Crippen molar-refractivity contribution >= 4 is 29.2 Å². The number of ether oxygens (including phenoxy) is 2. The summed E-state index contributed by atoms with van der Waals surface area (Å²) in [5, 5.41) is 2.80. The van der Waals surface area contributed by atoms with Gasteiger partial charge < -0.3 is 19.7 Å². The standard InChI is InChI=1S/C24H28N2O5/c1-5-14-30-22(28)17-7-9-18(10-8-17)25-21(27)12-13-26-19-15-16(2)6-11-20(19)31-24(3,4)23(26)29/h6-11,15H,5,12-14H2,1-4H3,(H,25,27). The molecule has 0 bridgehead atoms. The normalized spacial score (nSPS) is 14.5. The Labute approximate surface area is 182 Å². The summed E-state index contributed by atoms with van der Waals surface area (Å²) >= 11 is 0. The number of carbonyl (C=O) groups is 3. The highest BCUT2D eigenvalue weighted by atomic mass is 16.5. The Morgan fingerprint density at radius 3 is 2.52 bits per heavy atom. The van der Waals surface area contributed by atoms with E-state index in [1.807, 2.05) is 32.0 Å². The second kappa shape index (κ2) is 9.20. The molecule has 0 unspecified atom stereocenters. The molecule has 31 heavy (non-hydrogen) atoms. The molecule has 164 valence electrons. The SMILES string of the molecule is CCCOC(=O)c1ccc(NC(=O)CCN2C(=O)C(C)(C)Oc3ccc(C)cc32)cc1. The van der Waals surface area contributed by atoms with Crippen LogP contribution in [0.1, 0.15) is 49.5 Å². The van der Waals surface area contributed by atoms with E-state index >= 15 is 0 Å². The fourth-order valence-electron chi connectivity index (χ4n) is 3.30. The Kier molecular flexibility index (Phi) is 6.63. The van der Waals surface area contributed by atoms with Gasteiger partial charge >= 0.3 is 5.97 Å². The van der Waals surface area contributed by atoms with Crippen LogP contribution in [0.2, 0.25) is 0 Å². The van der Waals surface area contributed by atoms with Crippen LogP contribution in [0.3, 0.4) is 0 Å². The number of esters is 1. The van der Waals surface area contributed by atoms with E-state index in [1.165, 1.54) is 0 Å². The van der Waals surface area contributed by atoms with Crippen LogP contribution in [-0.4, -0.2) is 36.5 Å². The zero-order chi connectivity index (χ0) is 22.6. The van der Waals surface area contributed by atoms with E-state index in [1.54, 1.807) is 43.0 Å². The molecule has 0 aliphatic carbocycles. The number of benzene rings is 2. The predicted octanol–water partition coefficient (Wildman–Crippen LogP) is 4.09. The molecular formula is C24H28N2O5. The number of anilines is 2. The summed E-state index contributed by atoms with van der Waals surface area (Å²) in [4.78, 5) is 38.9. The first-order chi connectivity index (χ1) is 14.7. The van der Waals surface area contributed by atoms with E-state index in [4.69, 9.17) is 9.47 Å². The van der Waals surface area contributed by atoms with Gasteiger partial charge in [0.05, 0.1) is 17.9 Å². The molecule has 0 radical (unpaired) electrons. The highest BCUT2D eigenvalue weighted by molar-refractivity contribution is 6.03. The second-order valence-corrected chi connectivity index (χ2v) is 8.05.